The summed E-state index contributed by atoms with van der Waals surface area (Å²) in [6.45, 7) is 4.35. The molecule has 0 rings (SSSR count). The van der Waals surface area contributed by atoms with E-state index in [1.54, 1.807) is 0 Å². The molecule has 0 aromatic carbocycles. The van der Waals surface area contributed by atoms with Crippen molar-refractivity contribution in [2.75, 3.05) is 0 Å². The predicted molar refractivity (Wildman–Crippen MR) is 102 cm³/mol. The molecular weight excluding hydrogens is 407 g/mol. The van der Waals surface area contributed by atoms with Crippen molar-refractivity contribution in [2.45, 2.75) is 94.3 Å². The van der Waals surface area contributed by atoms with E-state index >= 15 is 0 Å². The van der Waals surface area contributed by atoms with Gasteiger partial charge in [-0.1, -0.05) is 87.8 Å². The number of carbonyl (C=O) groups is 2. The van der Waals surface area contributed by atoms with Crippen LogP contribution < -0.4 is 0 Å². The van der Waals surface area contributed by atoms with Crippen LogP contribution in [0.2, 0.25) is 0 Å². The third kappa shape index (κ3) is 11.0. The highest BCUT2D eigenvalue weighted by Crippen LogP contribution is 2.37. The Balaban J connectivity index is 4.45. The summed E-state index contributed by atoms with van der Waals surface area (Å²) in [6, 6.07) is 0. The lowest BCUT2D eigenvalue weighted by Gasteiger charge is -2.28. The van der Waals surface area contributed by atoms with Gasteiger partial charge in [-0.05, 0) is 25.2 Å². The molecule has 4 nitrogen and oxygen atoms in total. The van der Waals surface area contributed by atoms with E-state index in [1.807, 2.05) is 0 Å². The van der Waals surface area contributed by atoms with Crippen LogP contribution in [0, 0.1) is 5.92 Å². The normalized spacial score (nSPS) is 15.1. The zero-order valence-electron chi connectivity index (χ0n) is 14.7. The zero-order chi connectivity index (χ0) is 17.7. The second-order valence-corrected chi connectivity index (χ2v) is 8.64. The first kappa shape index (κ1) is 22.7. The standard InChI is InChI=1S/C18H33IO4/c1-3-5-7-11-15(10-4-2)14-18(19,17(22)23)13-9-6-8-12-16(20)21/h15H,3-14H2,1-2H3,(H,20,21)(H,22,23). The molecule has 0 aromatic rings. The maximum absolute atomic E-state index is 11.8. The van der Waals surface area contributed by atoms with Crippen molar-refractivity contribution in [3.05, 3.63) is 0 Å². The highest BCUT2D eigenvalue weighted by Gasteiger charge is 2.36. The van der Waals surface area contributed by atoms with Crippen molar-refractivity contribution in [1.82, 2.24) is 0 Å². The van der Waals surface area contributed by atoms with Crippen LogP contribution in [0.25, 0.3) is 0 Å². The Hall–Kier alpha value is -0.330. The van der Waals surface area contributed by atoms with Crippen molar-refractivity contribution < 1.29 is 19.8 Å². The number of aliphatic carboxylic acids is 2. The summed E-state index contributed by atoms with van der Waals surface area (Å²) in [5, 5.41) is 18.3. The van der Waals surface area contributed by atoms with Gasteiger partial charge in [-0.25, -0.2) is 0 Å². The Morgan fingerprint density at radius 1 is 0.957 bits per heavy atom. The molecule has 0 saturated heterocycles. The first-order valence-electron chi connectivity index (χ1n) is 8.99. The van der Waals surface area contributed by atoms with E-state index in [-0.39, 0.29) is 6.42 Å². The minimum Gasteiger partial charge on any atom is -0.481 e. The van der Waals surface area contributed by atoms with Gasteiger partial charge in [-0.3, -0.25) is 9.59 Å². The van der Waals surface area contributed by atoms with Gasteiger partial charge in [0, 0.05) is 6.42 Å². The van der Waals surface area contributed by atoms with E-state index in [4.69, 9.17) is 5.11 Å². The average molecular weight is 440 g/mol. The van der Waals surface area contributed by atoms with Crippen molar-refractivity contribution in [2.24, 2.45) is 5.92 Å². The topological polar surface area (TPSA) is 74.6 Å². The molecule has 0 heterocycles. The number of carboxylic acid groups (broad SMARTS) is 2. The largest absolute Gasteiger partial charge is 0.481 e. The summed E-state index contributed by atoms with van der Waals surface area (Å²) in [7, 11) is 0. The number of alkyl halides is 1. The highest BCUT2D eigenvalue weighted by atomic mass is 127. The number of halogens is 1. The molecule has 0 saturated carbocycles. The minimum absolute atomic E-state index is 0.177. The number of rotatable bonds is 15. The second-order valence-electron chi connectivity index (χ2n) is 6.58. The van der Waals surface area contributed by atoms with E-state index < -0.39 is 15.4 Å². The molecule has 5 heteroatoms. The van der Waals surface area contributed by atoms with Crippen molar-refractivity contribution >= 4 is 34.5 Å². The summed E-state index contributed by atoms with van der Waals surface area (Å²) in [5.74, 6) is -1.01. The Kier molecular flexibility index (Phi) is 12.8. The van der Waals surface area contributed by atoms with Crippen LogP contribution in [-0.2, 0) is 9.59 Å². The summed E-state index contributed by atoms with van der Waals surface area (Å²) in [4.78, 5) is 22.3. The quantitative estimate of drug-likeness (QED) is 0.196. The van der Waals surface area contributed by atoms with Crippen LogP contribution in [0.1, 0.15) is 90.9 Å². The van der Waals surface area contributed by atoms with Gasteiger partial charge in [0.2, 0.25) is 0 Å². The van der Waals surface area contributed by atoms with E-state index in [1.165, 1.54) is 19.3 Å². The molecule has 0 bridgehead atoms. The summed E-state index contributed by atoms with van der Waals surface area (Å²) < 4.78 is -0.701. The van der Waals surface area contributed by atoms with Gasteiger partial charge in [-0.2, -0.15) is 0 Å². The number of carboxylic acids is 2. The number of hydrogen-bond acceptors (Lipinski definition) is 2. The molecule has 0 fully saturated rings. The fraction of sp³-hybridized carbons (Fsp3) is 0.889. The lowest BCUT2D eigenvalue weighted by Crippen LogP contribution is -2.34. The molecule has 2 unspecified atom stereocenters. The van der Waals surface area contributed by atoms with Gasteiger partial charge in [0.25, 0.3) is 0 Å². The predicted octanol–water partition coefficient (Wildman–Crippen LogP) is 5.67. The first-order valence-corrected chi connectivity index (χ1v) is 10.1. The van der Waals surface area contributed by atoms with E-state index in [0.29, 0.717) is 18.8 Å². The molecule has 136 valence electrons. The van der Waals surface area contributed by atoms with Crippen LogP contribution in [0.5, 0.6) is 0 Å². The lowest BCUT2D eigenvalue weighted by atomic mass is 9.84. The molecule has 0 aliphatic heterocycles. The molecule has 0 aliphatic rings. The molecule has 0 aliphatic carbocycles. The van der Waals surface area contributed by atoms with Gasteiger partial charge < -0.3 is 10.2 Å². The van der Waals surface area contributed by atoms with Gasteiger partial charge in [-0.15, -0.1) is 0 Å². The Labute approximate surface area is 154 Å². The SMILES string of the molecule is CCCCCC(CCC)CC(I)(CCCCCC(=O)O)C(=O)O. The third-order valence-corrected chi connectivity index (χ3v) is 5.81. The summed E-state index contributed by atoms with van der Waals surface area (Å²) in [6.07, 6.45) is 10.7. The molecule has 0 radical (unpaired) electrons. The van der Waals surface area contributed by atoms with E-state index in [9.17, 15) is 14.7 Å². The van der Waals surface area contributed by atoms with Gasteiger partial charge >= 0.3 is 11.9 Å². The van der Waals surface area contributed by atoms with E-state index in [2.05, 4.69) is 36.4 Å². The molecule has 0 aromatic heterocycles. The highest BCUT2D eigenvalue weighted by molar-refractivity contribution is 14.1. The Morgan fingerprint density at radius 3 is 2.17 bits per heavy atom. The summed E-state index contributed by atoms with van der Waals surface area (Å²) >= 11 is 2.13. The van der Waals surface area contributed by atoms with Crippen molar-refractivity contribution in [3.63, 3.8) is 0 Å². The minimum atomic E-state index is -0.775. The van der Waals surface area contributed by atoms with E-state index in [0.717, 1.165) is 38.5 Å². The van der Waals surface area contributed by atoms with Crippen LogP contribution >= 0.6 is 22.6 Å². The van der Waals surface area contributed by atoms with Crippen molar-refractivity contribution in [3.8, 4) is 0 Å². The summed E-state index contributed by atoms with van der Waals surface area (Å²) in [5.41, 5.74) is 0. The fourth-order valence-corrected chi connectivity index (χ4v) is 4.06. The first-order chi connectivity index (χ1) is 10.9. The Morgan fingerprint density at radius 2 is 1.65 bits per heavy atom. The molecule has 23 heavy (non-hydrogen) atoms. The van der Waals surface area contributed by atoms with Gasteiger partial charge in [0.15, 0.2) is 0 Å². The number of hydrogen-bond donors (Lipinski definition) is 2. The van der Waals surface area contributed by atoms with Crippen LogP contribution in [-0.4, -0.2) is 25.6 Å². The Bertz CT molecular complexity index is 346. The lowest BCUT2D eigenvalue weighted by molar-refractivity contribution is -0.140. The molecule has 0 spiro atoms. The second kappa shape index (κ2) is 13.0. The maximum Gasteiger partial charge on any atom is 0.319 e. The third-order valence-electron chi connectivity index (χ3n) is 4.37. The van der Waals surface area contributed by atoms with Crippen LogP contribution in [0.3, 0.4) is 0 Å². The van der Waals surface area contributed by atoms with Crippen molar-refractivity contribution in [1.29, 1.82) is 0 Å². The molecule has 0 amide bonds. The van der Waals surface area contributed by atoms with Gasteiger partial charge in [0.05, 0.1) is 0 Å². The monoisotopic (exact) mass is 440 g/mol. The molecule has 2 N–H and O–H groups in total. The zero-order valence-corrected chi connectivity index (χ0v) is 16.8. The molecule has 2 atom stereocenters. The fourth-order valence-electron chi connectivity index (χ4n) is 3.05. The van der Waals surface area contributed by atoms with Crippen LogP contribution in [0.15, 0.2) is 0 Å². The number of unbranched alkanes of at least 4 members (excludes halogenated alkanes) is 4. The maximum atomic E-state index is 11.8. The van der Waals surface area contributed by atoms with Gasteiger partial charge in [0.1, 0.15) is 3.42 Å². The van der Waals surface area contributed by atoms with Crippen LogP contribution in [0.4, 0.5) is 0 Å². The molecular formula is C18H33IO4. The average Bonchev–Trinajstić information content (AvgIpc) is 2.46. The smallest absolute Gasteiger partial charge is 0.319 e.